The van der Waals surface area contributed by atoms with Crippen LogP contribution < -0.4 is 14.8 Å². The number of tetrazole rings is 1. The minimum atomic E-state index is -0.263. The maximum atomic E-state index is 12.3. The summed E-state index contributed by atoms with van der Waals surface area (Å²) in [5.41, 5.74) is 2.22. The number of nitrogens with zero attached hydrogens (tertiary/aromatic N) is 4. The number of carbonyl (C=O) groups is 1. The van der Waals surface area contributed by atoms with Gasteiger partial charge < -0.3 is 14.8 Å². The molecule has 1 amide bonds. The van der Waals surface area contributed by atoms with E-state index in [0.717, 1.165) is 11.1 Å². The number of anilines is 1. The molecule has 3 aromatic rings. The standard InChI is InChI=1S/C19H19N5O3/c1-24-19(21-22-23-24)14-5-4-6-15(11-14)20-18(25)10-8-13-7-9-16(26-2)12-17(13)27-3/h4-12H,1-3H3,(H,20,25)/b10-8+. The Morgan fingerprint density at radius 2 is 2.00 bits per heavy atom. The maximum Gasteiger partial charge on any atom is 0.248 e. The van der Waals surface area contributed by atoms with Gasteiger partial charge in [-0.3, -0.25) is 4.79 Å². The van der Waals surface area contributed by atoms with Crippen molar-refractivity contribution in [2.24, 2.45) is 7.05 Å². The third-order valence-electron chi connectivity index (χ3n) is 3.86. The third-order valence-corrected chi connectivity index (χ3v) is 3.86. The molecule has 2 aromatic carbocycles. The van der Waals surface area contributed by atoms with E-state index in [-0.39, 0.29) is 5.91 Å². The van der Waals surface area contributed by atoms with Crippen molar-refractivity contribution in [2.45, 2.75) is 0 Å². The molecule has 0 saturated heterocycles. The highest BCUT2D eigenvalue weighted by atomic mass is 16.5. The number of carbonyl (C=O) groups excluding carboxylic acids is 1. The zero-order chi connectivity index (χ0) is 19.2. The summed E-state index contributed by atoms with van der Waals surface area (Å²) in [7, 11) is 4.91. The van der Waals surface area contributed by atoms with E-state index in [0.29, 0.717) is 23.0 Å². The summed E-state index contributed by atoms with van der Waals surface area (Å²) < 4.78 is 12.1. The van der Waals surface area contributed by atoms with Crippen LogP contribution >= 0.6 is 0 Å². The zero-order valence-corrected chi connectivity index (χ0v) is 15.2. The van der Waals surface area contributed by atoms with Gasteiger partial charge in [0.2, 0.25) is 5.91 Å². The van der Waals surface area contributed by atoms with E-state index in [1.165, 1.54) is 6.08 Å². The number of aromatic nitrogens is 4. The third kappa shape index (κ3) is 4.30. The molecule has 0 bridgehead atoms. The van der Waals surface area contributed by atoms with Crippen molar-refractivity contribution in [1.29, 1.82) is 0 Å². The Morgan fingerprint density at radius 1 is 1.15 bits per heavy atom. The second kappa shape index (κ2) is 8.13. The number of ether oxygens (including phenoxy) is 2. The number of amides is 1. The van der Waals surface area contributed by atoms with Crippen LogP contribution in [0.3, 0.4) is 0 Å². The summed E-state index contributed by atoms with van der Waals surface area (Å²) in [5.74, 6) is 1.66. The average Bonchev–Trinajstić information content (AvgIpc) is 3.12. The van der Waals surface area contributed by atoms with E-state index in [2.05, 4.69) is 20.8 Å². The molecule has 0 unspecified atom stereocenters. The normalized spacial score (nSPS) is 10.8. The maximum absolute atomic E-state index is 12.3. The molecule has 0 aliphatic heterocycles. The molecule has 1 aromatic heterocycles. The van der Waals surface area contributed by atoms with Gasteiger partial charge in [-0.15, -0.1) is 5.10 Å². The second-order valence-electron chi connectivity index (χ2n) is 5.64. The van der Waals surface area contributed by atoms with Crippen LogP contribution in [0.25, 0.3) is 17.5 Å². The summed E-state index contributed by atoms with van der Waals surface area (Å²) in [4.78, 5) is 12.3. The Bertz CT molecular complexity index is 981. The first kappa shape index (κ1) is 18.1. The predicted molar refractivity (Wildman–Crippen MR) is 101 cm³/mol. The lowest BCUT2D eigenvalue weighted by molar-refractivity contribution is -0.111. The van der Waals surface area contributed by atoms with Gasteiger partial charge in [0.1, 0.15) is 11.5 Å². The molecule has 0 aliphatic carbocycles. The number of methoxy groups -OCH3 is 2. The van der Waals surface area contributed by atoms with Crippen LogP contribution in [-0.4, -0.2) is 40.3 Å². The van der Waals surface area contributed by atoms with Crippen molar-refractivity contribution in [3.05, 3.63) is 54.1 Å². The van der Waals surface area contributed by atoms with Crippen molar-refractivity contribution < 1.29 is 14.3 Å². The number of nitrogens with one attached hydrogen (secondary N) is 1. The van der Waals surface area contributed by atoms with E-state index < -0.39 is 0 Å². The van der Waals surface area contributed by atoms with E-state index in [1.807, 2.05) is 24.3 Å². The Balaban J connectivity index is 1.73. The SMILES string of the molecule is COc1ccc(/C=C/C(=O)Nc2cccc(-c3nnnn3C)c2)c(OC)c1. The number of aryl methyl sites for hydroxylation is 1. The van der Waals surface area contributed by atoms with E-state index in [9.17, 15) is 4.79 Å². The fourth-order valence-electron chi connectivity index (χ4n) is 2.52. The molecule has 27 heavy (non-hydrogen) atoms. The highest BCUT2D eigenvalue weighted by molar-refractivity contribution is 6.02. The molecule has 0 fully saturated rings. The van der Waals surface area contributed by atoms with E-state index in [1.54, 1.807) is 50.2 Å². The van der Waals surface area contributed by atoms with Crippen molar-refractivity contribution in [3.63, 3.8) is 0 Å². The summed E-state index contributed by atoms with van der Waals surface area (Å²) in [5, 5.41) is 14.2. The Kier molecular flexibility index (Phi) is 5.46. The minimum Gasteiger partial charge on any atom is -0.497 e. The van der Waals surface area contributed by atoms with Gasteiger partial charge in [-0.25, -0.2) is 4.68 Å². The van der Waals surface area contributed by atoms with Gasteiger partial charge in [0.25, 0.3) is 0 Å². The predicted octanol–water partition coefficient (Wildman–Crippen LogP) is 2.55. The van der Waals surface area contributed by atoms with Crippen LogP contribution in [0.4, 0.5) is 5.69 Å². The first-order chi connectivity index (χ1) is 13.1. The van der Waals surface area contributed by atoms with E-state index >= 15 is 0 Å². The van der Waals surface area contributed by atoms with Crippen molar-refractivity contribution >= 4 is 17.7 Å². The number of hydrogen-bond acceptors (Lipinski definition) is 6. The molecule has 0 atom stereocenters. The van der Waals surface area contributed by atoms with Crippen molar-refractivity contribution in [3.8, 4) is 22.9 Å². The minimum absolute atomic E-state index is 0.263. The average molecular weight is 365 g/mol. The molecule has 8 heteroatoms. The summed E-state index contributed by atoms with van der Waals surface area (Å²) >= 11 is 0. The van der Waals surface area contributed by atoms with Gasteiger partial charge in [0, 0.05) is 36.0 Å². The fourth-order valence-corrected chi connectivity index (χ4v) is 2.52. The van der Waals surface area contributed by atoms with Gasteiger partial charge in [-0.2, -0.15) is 0 Å². The van der Waals surface area contributed by atoms with Gasteiger partial charge in [-0.1, -0.05) is 12.1 Å². The molecule has 0 radical (unpaired) electrons. The number of benzene rings is 2. The lowest BCUT2D eigenvalue weighted by Gasteiger charge is -2.07. The van der Waals surface area contributed by atoms with Crippen LogP contribution in [0.2, 0.25) is 0 Å². The van der Waals surface area contributed by atoms with Gasteiger partial charge in [0.15, 0.2) is 5.82 Å². The lowest BCUT2D eigenvalue weighted by Crippen LogP contribution is -2.08. The summed E-state index contributed by atoms with van der Waals surface area (Å²) in [6.07, 6.45) is 3.13. The topological polar surface area (TPSA) is 91.2 Å². The van der Waals surface area contributed by atoms with Crippen molar-refractivity contribution in [1.82, 2.24) is 20.2 Å². The van der Waals surface area contributed by atoms with Crippen LogP contribution in [0.15, 0.2) is 48.5 Å². The largest absolute Gasteiger partial charge is 0.497 e. The Hall–Kier alpha value is -3.68. The molecule has 138 valence electrons. The fraction of sp³-hybridized carbons (Fsp3) is 0.158. The summed E-state index contributed by atoms with van der Waals surface area (Å²) in [6.45, 7) is 0. The molecule has 0 saturated carbocycles. The monoisotopic (exact) mass is 365 g/mol. The first-order valence-electron chi connectivity index (χ1n) is 8.14. The van der Waals surface area contributed by atoms with Crippen LogP contribution in [0.5, 0.6) is 11.5 Å². The number of hydrogen-bond donors (Lipinski definition) is 1. The lowest BCUT2D eigenvalue weighted by atomic mass is 10.1. The smallest absolute Gasteiger partial charge is 0.248 e. The highest BCUT2D eigenvalue weighted by Gasteiger charge is 2.07. The van der Waals surface area contributed by atoms with Crippen LogP contribution in [0, 0.1) is 0 Å². The first-order valence-corrected chi connectivity index (χ1v) is 8.14. The quantitative estimate of drug-likeness (QED) is 0.675. The molecule has 8 nitrogen and oxygen atoms in total. The van der Waals surface area contributed by atoms with Crippen LogP contribution in [0.1, 0.15) is 5.56 Å². The summed E-state index contributed by atoms with van der Waals surface area (Å²) in [6, 6.07) is 12.7. The van der Waals surface area contributed by atoms with Gasteiger partial charge in [-0.05, 0) is 40.8 Å². The molecular formula is C19H19N5O3. The van der Waals surface area contributed by atoms with Gasteiger partial charge >= 0.3 is 0 Å². The highest BCUT2D eigenvalue weighted by Crippen LogP contribution is 2.25. The van der Waals surface area contributed by atoms with E-state index in [4.69, 9.17) is 9.47 Å². The second-order valence-corrected chi connectivity index (χ2v) is 5.64. The molecule has 1 heterocycles. The molecule has 1 N–H and O–H groups in total. The van der Waals surface area contributed by atoms with Crippen LogP contribution in [-0.2, 0) is 11.8 Å². The molecule has 0 spiro atoms. The zero-order valence-electron chi connectivity index (χ0n) is 15.2. The molecule has 0 aliphatic rings. The molecular weight excluding hydrogens is 346 g/mol. The Labute approximate surface area is 156 Å². The Morgan fingerprint density at radius 3 is 2.70 bits per heavy atom. The number of rotatable bonds is 6. The van der Waals surface area contributed by atoms with Gasteiger partial charge in [0.05, 0.1) is 14.2 Å². The van der Waals surface area contributed by atoms with Crippen molar-refractivity contribution in [2.75, 3.05) is 19.5 Å². The molecule has 3 rings (SSSR count).